The molecule has 0 saturated carbocycles. The molecule has 4 aromatic rings. The molecule has 164 valence electrons. The molecule has 2 aromatic heterocycles. The Balaban J connectivity index is 1.48. The molecule has 0 spiro atoms. The number of amides is 1. The molecule has 1 amide bonds. The van der Waals surface area contributed by atoms with Crippen molar-refractivity contribution >= 4 is 23.4 Å². The van der Waals surface area contributed by atoms with Gasteiger partial charge in [-0.1, -0.05) is 42.1 Å². The van der Waals surface area contributed by atoms with Gasteiger partial charge in [0.25, 0.3) is 5.78 Å². The van der Waals surface area contributed by atoms with Crippen molar-refractivity contribution in [1.82, 2.24) is 24.9 Å². The van der Waals surface area contributed by atoms with Gasteiger partial charge in [0.1, 0.15) is 5.75 Å². The molecule has 0 atom stereocenters. The highest BCUT2D eigenvalue weighted by Crippen LogP contribution is 2.27. The van der Waals surface area contributed by atoms with Gasteiger partial charge in [0.2, 0.25) is 11.1 Å². The molecule has 0 aliphatic carbocycles. The molecule has 9 heteroatoms. The van der Waals surface area contributed by atoms with Gasteiger partial charge in [-0.2, -0.15) is 4.98 Å². The fourth-order valence-corrected chi connectivity index (χ4v) is 3.68. The molecule has 0 aliphatic rings. The first-order chi connectivity index (χ1) is 15.5. The minimum absolute atomic E-state index is 0.134. The van der Waals surface area contributed by atoms with Crippen LogP contribution in [0.5, 0.6) is 11.5 Å². The monoisotopic (exact) mass is 451 g/mol. The molecule has 0 bridgehead atoms. The van der Waals surface area contributed by atoms with Crippen molar-refractivity contribution in [3.05, 3.63) is 76.9 Å². The van der Waals surface area contributed by atoms with Gasteiger partial charge in [-0.05, 0) is 38.3 Å². The van der Waals surface area contributed by atoms with Gasteiger partial charge in [-0.3, -0.25) is 4.79 Å². The normalized spacial score (nSPS) is 11.0. The molecular weight excluding hydrogens is 429 g/mol. The first-order valence-corrected chi connectivity index (χ1v) is 11.2. The van der Waals surface area contributed by atoms with E-state index in [1.807, 2.05) is 32.2 Å². The molecule has 0 saturated heterocycles. The quantitative estimate of drug-likeness (QED) is 0.423. The Morgan fingerprint density at radius 2 is 1.81 bits per heavy atom. The van der Waals surface area contributed by atoms with Crippen LogP contribution in [0.1, 0.15) is 22.5 Å². The summed E-state index contributed by atoms with van der Waals surface area (Å²) >= 11 is 1.44. The molecule has 32 heavy (non-hydrogen) atoms. The van der Waals surface area contributed by atoms with E-state index in [-0.39, 0.29) is 24.6 Å². The summed E-state index contributed by atoms with van der Waals surface area (Å²) in [5.74, 6) is 0.531. The number of nitrogens with one attached hydrogen (secondary N) is 1. The Hall–Kier alpha value is -3.46. The Morgan fingerprint density at radius 1 is 1.09 bits per heavy atom. The number of aryl methyl sites for hydroxylation is 2. The lowest BCUT2D eigenvalue weighted by Gasteiger charge is -2.13. The predicted molar refractivity (Wildman–Crippen MR) is 121 cm³/mol. The molecule has 4 rings (SSSR count). The summed E-state index contributed by atoms with van der Waals surface area (Å²) in [5, 5.41) is 7.97. The fraction of sp³-hybridized carbons (Fsp3) is 0.217. The van der Waals surface area contributed by atoms with E-state index in [2.05, 4.69) is 20.4 Å². The number of hydrogen-bond acceptors (Lipinski definition) is 6. The van der Waals surface area contributed by atoms with Crippen LogP contribution in [0.25, 0.3) is 5.78 Å². The van der Waals surface area contributed by atoms with Crippen molar-refractivity contribution in [3.63, 3.8) is 0 Å². The highest BCUT2D eigenvalue weighted by Gasteiger charge is 2.16. The summed E-state index contributed by atoms with van der Waals surface area (Å²) in [6.45, 7) is 4.01. The number of thioether (sulfide) groups is 1. The second-order valence-corrected chi connectivity index (χ2v) is 7.94. The van der Waals surface area contributed by atoms with Crippen molar-refractivity contribution in [2.75, 3.05) is 6.26 Å². The fourth-order valence-electron chi connectivity index (χ4n) is 3.34. The number of carbonyl (C=O) groups excluding carboxylic acids is 1. The molecule has 2 heterocycles. The van der Waals surface area contributed by atoms with Crippen molar-refractivity contribution in [3.8, 4) is 11.5 Å². The van der Waals surface area contributed by atoms with Gasteiger partial charge in [-0.25, -0.2) is 13.9 Å². The standard InChI is InChI=1S/C23H22FN5O2S/c1-14-17(15(2)29-22(26-14)27-23(28-29)32-3)12-21(30)25-13-16-8-4-6-10-19(16)31-20-11-7-5-9-18(20)24/h4-11H,12-13H2,1-3H3,(H,25,30). The SMILES string of the molecule is CSc1nc2nc(C)c(CC(=O)NCc3ccccc3Oc3ccccc3F)c(C)n2n1. The smallest absolute Gasteiger partial charge is 0.253 e. The highest BCUT2D eigenvalue weighted by molar-refractivity contribution is 7.98. The Kier molecular flexibility index (Phi) is 6.36. The van der Waals surface area contributed by atoms with Crippen LogP contribution in [-0.2, 0) is 17.8 Å². The largest absolute Gasteiger partial charge is 0.454 e. The van der Waals surface area contributed by atoms with E-state index in [0.717, 1.165) is 22.5 Å². The van der Waals surface area contributed by atoms with E-state index in [9.17, 15) is 9.18 Å². The number of hydrogen-bond donors (Lipinski definition) is 1. The van der Waals surface area contributed by atoms with E-state index in [4.69, 9.17) is 4.74 Å². The van der Waals surface area contributed by atoms with Crippen molar-refractivity contribution in [2.24, 2.45) is 0 Å². The van der Waals surface area contributed by atoms with Gasteiger partial charge < -0.3 is 10.1 Å². The minimum Gasteiger partial charge on any atom is -0.454 e. The van der Waals surface area contributed by atoms with Gasteiger partial charge in [0, 0.05) is 29.1 Å². The summed E-state index contributed by atoms with van der Waals surface area (Å²) in [6.07, 6.45) is 2.06. The number of fused-ring (bicyclic) bond motifs is 1. The molecule has 0 unspecified atom stereocenters. The number of rotatable bonds is 7. The third kappa shape index (κ3) is 4.57. The van der Waals surface area contributed by atoms with E-state index in [0.29, 0.717) is 16.7 Å². The Bertz CT molecular complexity index is 1290. The lowest BCUT2D eigenvalue weighted by Crippen LogP contribution is -2.26. The predicted octanol–water partition coefficient (Wildman–Crippen LogP) is 4.25. The van der Waals surface area contributed by atoms with Crippen LogP contribution < -0.4 is 10.1 Å². The van der Waals surface area contributed by atoms with Crippen LogP contribution >= 0.6 is 11.8 Å². The van der Waals surface area contributed by atoms with Gasteiger partial charge in [0.15, 0.2) is 11.6 Å². The highest BCUT2D eigenvalue weighted by atomic mass is 32.2. The zero-order valence-corrected chi connectivity index (χ0v) is 18.7. The number of nitrogens with zero attached hydrogens (tertiary/aromatic N) is 4. The van der Waals surface area contributed by atoms with Crippen LogP contribution in [0.3, 0.4) is 0 Å². The van der Waals surface area contributed by atoms with Crippen LogP contribution in [0.4, 0.5) is 4.39 Å². The number of aromatic nitrogens is 4. The van der Waals surface area contributed by atoms with Crippen LogP contribution in [-0.4, -0.2) is 31.7 Å². The lowest BCUT2D eigenvalue weighted by atomic mass is 10.1. The Morgan fingerprint density at radius 3 is 2.56 bits per heavy atom. The molecule has 1 N–H and O–H groups in total. The first-order valence-electron chi connectivity index (χ1n) is 10.00. The average molecular weight is 452 g/mol. The molecule has 7 nitrogen and oxygen atoms in total. The number of ether oxygens (including phenoxy) is 1. The summed E-state index contributed by atoms with van der Waals surface area (Å²) in [7, 11) is 0. The average Bonchev–Trinajstić information content (AvgIpc) is 3.21. The van der Waals surface area contributed by atoms with Crippen molar-refractivity contribution in [1.29, 1.82) is 0 Å². The maximum Gasteiger partial charge on any atom is 0.253 e. The van der Waals surface area contributed by atoms with E-state index < -0.39 is 5.82 Å². The molecule has 0 fully saturated rings. The molecule has 0 radical (unpaired) electrons. The van der Waals surface area contributed by atoms with Gasteiger partial charge in [-0.15, -0.1) is 5.10 Å². The maximum atomic E-state index is 14.0. The zero-order valence-electron chi connectivity index (χ0n) is 17.9. The van der Waals surface area contributed by atoms with Crippen molar-refractivity contribution < 1.29 is 13.9 Å². The number of carbonyl (C=O) groups is 1. The number of benzene rings is 2. The summed E-state index contributed by atoms with van der Waals surface area (Å²) in [6, 6.07) is 13.4. The molecule has 2 aromatic carbocycles. The van der Waals surface area contributed by atoms with Crippen LogP contribution in [0.2, 0.25) is 0 Å². The number of para-hydroxylation sites is 2. The zero-order chi connectivity index (χ0) is 22.7. The lowest BCUT2D eigenvalue weighted by molar-refractivity contribution is -0.120. The number of halogens is 1. The minimum atomic E-state index is -0.446. The molecular formula is C23H22FN5O2S. The molecule has 0 aliphatic heterocycles. The van der Waals surface area contributed by atoms with Gasteiger partial charge >= 0.3 is 0 Å². The van der Waals surface area contributed by atoms with Crippen LogP contribution in [0.15, 0.2) is 53.7 Å². The third-order valence-electron chi connectivity index (χ3n) is 5.05. The van der Waals surface area contributed by atoms with E-state index in [1.165, 1.54) is 17.8 Å². The topological polar surface area (TPSA) is 81.4 Å². The third-order valence-corrected chi connectivity index (χ3v) is 5.59. The Labute approximate surface area is 189 Å². The first kappa shape index (κ1) is 21.8. The second-order valence-electron chi connectivity index (χ2n) is 7.17. The van der Waals surface area contributed by atoms with E-state index in [1.54, 1.807) is 34.8 Å². The van der Waals surface area contributed by atoms with Crippen LogP contribution in [0, 0.1) is 19.7 Å². The van der Waals surface area contributed by atoms with Crippen molar-refractivity contribution in [2.45, 2.75) is 32.0 Å². The maximum absolute atomic E-state index is 14.0. The van der Waals surface area contributed by atoms with Gasteiger partial charge in [0.05, 0.1) is 6.42 Å². The summed E-state index contributed by atoms with van der Waals surface area (Å²) in [4.78, 5) is 21.6. The summed E-state index contributed by atoms with van der Waals surface area (Å²) in [5.41, 5.74) is 3.13. The van der Waals surface area contributed by atoms with E-state index >= 15 is 0 Å². The summed E-state index contributed by atoms with van der Waals surface area (Å²) < 4.78 is 21.4. The second kappa shape index (κ2) is 9.35.